The Morgan fingerprint density at radius 1 is 1.46 bits per heavy atom. The maximum Gasteiger partial charge on any atom is 0.335 e. The van der Waals surface area contributed by atoms with E-state index < -0.39 is 5.97 Å². The fraction of sp³-hybridized carbons (Fsp3) is 0.353. The number of morpholine rings is 1. The van der Waals surface area contributed by atoms with Gasteiger partial charge in [0, 0.05) is 25.7 Å². The number of carbonyl (C=O) groups is 1. The summed E-state index contributed by atoms with van der Waals surface area (Å²) in [6, 6.07) is 8.39. The molecule has 126 valence electrons. The van der Waals surface area contributed by atoms with Crippen LogP contribution >= 0.6 is 0 Å². The smallest absolute Gasteiger partial charge is 0.335 e. The molecule has 0 spiro atoms. The average Bonchev–Trinajstić information content (AvgIpc) is 2.54. The number of ether oxygens (including phenoxy) is 1. The van der Waals surface area contributed by atoms with Crippen LogP contribution in [0.15, 0.2) is 35.1 Å². The van der Waals surface area contributed by atoms with E-state index in [2.05, 4.69) is 14.9 Å². The van der Waals surface area contributed by atoms with E-state index in [1.165, 1.54) is 6.07 Å². The number of rotatable bonds is 4. The molecule has 7 nitrogen and oxygen atoms in total. The highest BCUT2D eigenvalue weighted by Crippen LogP contribution is 2.21. The second-order valence-corrected chi connectivity index (χ2v) is 5.86. The molecule has 0 amide bonds. The third-order valence-corrected chi connectivity index (χ3v) is 3.94. The normalized spacial score (nSPS) is 18.5. The van der Waals surface area contributed by atoms with Gasteiger partial charge in [0.05, 0.1) is 17.9 Å². The third kappa shape index (κ3) is 3.87. The molecule has 1 fully saturated rings. The van der Waals surface area contributed by atoms with Crippen molar-refractivity contribution < 1.29 is 14.6 Å². The molecule has 1 aromatic carbocycles. The monoisotopic (exact) mass is 329 g/mol. The zero-order valence-electron chi connectivity index (χ0n) is 13.4. The molecule has 24 heavy (non-hydrogen) atoms. The van der Waals surface area contributed by atoms with Crippen molar-refractivity contribution in [3.05, 3.63) is 63.3 Å². The van der Waals surface area contributed by atoms with Crippen LogP contribution in [0, 0.1) is 6.92 Å². The largest absolute Gasteiger partial charge is 0.478 e. The molecule has 2 N–H and O–H groups in total. The Kier molecular flexibility index (Phi) is 4.73. The van der Waals surface area contributed by atoms with Gasteiger partial charge in [0.25, 0.3) is 5.56 Å². The summed E-state index contributed by atoms with van der Waals surface area (Å²) in [7, 11) is 0. The predicted molar refractivity (Wildman–Crippen MR) is 87.0 cm³/mol. The molecule has 1 saturated heterocycles. The highest BCUT2D eigenvalue weighted by molar-refractivity contribution is 5.87. The second kappa shape index (κ2) is 6.94. The van der Waals surface area contributed by atoms with Crippen LogP contribution in [0.3, 0.4) is 0 Å². The Morgan fingerprint density at radius 3 is 3.04 bits per heavy atom. The first-order valence-corrected chi connectivity index (χ1v) is 7.75. The highest BCUT2D eigenvalue weighted by Gasteiger charge is 2.24. The standard InChI is InChI=1S/C17H19N3O4/c1-11-18-14(8-16(21)19-11)15-10-20(5-6-24-15)9-12-3-2-4-13(7-12)17(22)23/h2-4,7-8,15H,5-6,9-10H2,1H3,(H,22,23)(H,18,19,21)/t15-/m0/s1. The molecule has 0 bridgehead atoms. The molecular formula is C17H19N3O4. The molecule has 1 aliphatic rings. The Balaban J connectivity index is 1.73. The first-order valence-electron chi connectivity index (χ1n) is 7.75. The Bertz CT molecular complexity index is 802. The van der Waals surface area contributed by atoms with E-state index in [1.54, 1.807) is 25.1 Å². The number of hydrogen-bond acceptors (Lipinski definition) is 5. The van der Waals surface area contributed by atoms with Crippen molar-refractivity contribution in [1.82, 2.24) is 14.9 Å². The second-order valence-electron chi connectivity index (χ2n) is 5.86. The molecule has 2 aromatic rings. The van der Waals surface area contributed by atoms with Crippen LogP contribution in [0.5, 0.6) is 0 Å². The third-order valence-electron chi connectivity index (χ3n) is 3.94. The van der Waals surface area contributed by atoms with Gasteiger partial charge in [-0.05, 0) is 24.6 Å². The fourth-order valence-corrected chi connectivity index (χ4v) is 2.85. The SMILES string of the molecule is Cc1nc([C@@H]2CN(Cc3cccc(C(=O)O)c3)CCO2)cc(=O)[nH]1. The summed E-state index contributed by atoms with van der Waals surface area (Å²) in [4.78, 5) is 31.8. The number of H-pyrrole nitrogens is 1. The number of benzene rings is 1. The summed E-state index contributed by atoms with van der Waals surface area (Å²) in [5, 5.41) is 9.08. The van der Waals surface area contributed by atoms with Crippen molar-refractivity contribution in [1.29, 1.82) is 0 Å². The Hall–Kier alpha value is -2.51. The van der Waals surface area contributed by atoms with Gasteiger partial charge in [-0.1, -0.05) is 12.1 Å². The van der Waals surface area contributed by atoms with Crippen LogP contribution in [0.4, 0.5) is 0 Å². The van der Waals surface area contributed by atoms with Gasteiger partial charge in [0.1, 0.15) is 11.9 Å². The number of aromatic carboxylic acids is 1. The van der Waals surface area contributed by atoms with Gasteiger partial charge in [-0.15, -0.1) is 0 Å². The lowest BCUT2D eigenvalue weighted by atomic mass is 10.1. The maximum atomic E-state index is 11.6. The lowest BCUT2D eigenvalue weighted by Gasteiger charge is -2.32. The summed E-state index contributed by atoms with van der Waals surface area (Å²) in [5.41, 5.74) is 1.66. The lowest BCUT2D eigenvalue weighted by Crippen LogP contribution is -2.38. The molecule has 0 saturated carbocycles. The van der Waals surface area contributed by atoms with Crippen molar-refractivity contribution in [2.24, 2.45) is 0 Å². The molecular weight excluding hydrogens is 310 g/mol. The van der Waals surface area contributed by atoms with Gasteiger partial charge >= 0.3 is 5.97 Å². The minimum Gasteiger partial charge on any atom is -0.478 e. The number of carboxylic acids is 1. The van der Waals surface area contributed by atoms with E-state index in [1.807, 2.05) is 6.07 Å². The zero-order valence-corrected chi connectivity index (χ0v) is 13.4. The van der Waals surface area contributed by atoms with E-state index >= 15 is 0 Å². The van der Waals surface area contributed by atoms with Gasteiger partial charge in [0.2, 0.25) is 0 Å². The van der Waals surface area contributed by atoms with Crippen molar-refractivity contribution >= 4 is 5.97 Å². The molecule has 0 aliphatic carbocycles. The molecule has 1 aromatic heterocycles. The van der Waals surface area contributed by atoms with Crippen molar-refractivity contribution in [2.75, 3.05) is 19.7 Å². The van der Waals surface area contributed by atoms with Gasteiger partial charge < -0.3 is 14.8 Å². The molecule has 1 atom stereocenters. The minimum absolute atomic E-state index is 0.188. The highest BCUT2D eigenvalue weighted by atomic mass is 16.5. The quantitative estimate of drug-likeness (QED) is 0.879. The molecule has 0 radical (unpaired) electrons. The van der Waals surface area contributed by atoms with Gasteiger partial charge in [-0.3, -0.25) is 9.69 Å². The van der Waals surface area contributed by atoms with Crippen LogP contribution < -0.4 is 5.56 Å². The number of nitrogens with zero attached hydrogens (tertiary/aromatic N) is 2. The van der Waals surface area contributed by atoms with E-state index in [0.29, 0.717) is 31.2 Å². The summed E-state index contributed by atoms with van der Waals surface area (Å²) in [6.07, 6.45) is -0.262. The minimum atomic E-state index is -0.931. The number of hydrogen-bond donors (Lipinski definition) is 2. The average molecular weight is 329 g/mol. The molecule has 3 rings (SSSR count). The van der Waals surface area contributed by atoms with Crippen LogP contribution in [0.1, 0.15) is 33.5 Å². The number of aromatic nitrogens is 2. The molecule has 0 unspecified atom stereocenters. The van der Waals surface area contributed by atoms with Crippen molar-refractivity contribution in [2.45, 2.75) is 19.6 Å². The molecule has 2 heterocycles. The van der Waals surface area contributed by atoms with Crippen molar-refractivity contribution in [3.63, 3.8) is 0 Å². The van der Waals surface area contributed by atoms with Gasteiger partial charge in [0.15, 0.2) is 0 Å². The van der Waals surface area contributed by atoms with E-state index in [0.717, 1.165) is 12.1 Å². The number of aromatic amines is 1. The first-order chi connectivity index (χ1) is 11.5. The topological polar surface area (TPSA) is 95.5 Å². The summed E-state index contributed by atoms with van der Waals surface area (Å²) in [6.45, 7) is 4.26. The van der Waals surface area contributed by atoms with Crippen LogP contribution in [-0.4, -0.2) is 45.6 Å². The summed E-state index contributed by atoms with van der Waals surface area (Å²) in [5.74, 6) is -0.368. The Labute approximate surface area is 138 Å². The fourth-order valence-electron chi connectivity index (χ4n) is 2.85. The number of aryl methyl sites for hydroxylation is 1. The Morgan fingerprint density at radius 2 is 2.29 bits per heavy atom. The zero-order chi connectivity index (χ0) is 17.1. The van der Waals surface area contributed by atoms with E-state index in [-0.39, 0.29) is 17.2 Å². The summed E-state index contributed by atoms with van der Waals surface area (Å²) >= 11 is 0. The molecule has 1 aliphatic heterocycles. The number of nitrogens with one attached hydrogen (secondary N) is 1. The number of carboxylic acid groups (broad SMARTS) is 1. The van der Waals surface area contributed by atoms with E-state index in [9.17, 15) is 9.59 Å². The first kappa shape index (κ1) is 16.4. The summed E-state index contributed by atoms with van der Waals surface area (Å²) < 4.78 is 5.75. The van der Waals surface area contributed by atoms with Crippen molar-refractivity contribution in [3.8, 4) is 0 Å². The maximum absolute atomic E-state index is 11.6. The molecule has 7 heteroatoms. The lowest BCUT2D eigenvalue weighted by molar-refractivity contribution is -0.0351. The van der Waals surface area contributed by atoms with Crippen LogP contribution in [0.2, 0.25) is 0 Å². The van der Waals surface area contributed by atoms with Crippen LogP contribution in [0.25, 0.3) is 0 Å². The van der Waals surface area contributed by atoms with E-state index in [4.69, 9.17) is 9.84 Å². The van der Waals surface area contributed by atoms with Crippen LogP contribution in [-0.2, 0) is 11.3 Å². The van der Waals surface area contributed by atoms with Gasteiger partial charge in [-0.2, -0.15) is 0 Å². The predicted octanol–water partition coefficient (Wildman–Crippen LogP) is 1.35. The van der Waals surface area contributed by atoms with Gasteiger partial charge in [-0.25, -0.2) is 9.78 Å².